The second kappa shape index (κ2) is 4.98. The van der Waals surface area contributed by atoms with Gasteiger partial charge in [-0.1, -0.05) is 0 Å². The van der Waals surface area contributed by atoms with Crippen molar-refractivity contribution in [2.45, 2.75) is 38.4 Å². The summed E-state index contributed by atoms with van der Waals surface area (Å²) in [4.78, 5) is 18.7. The van der Waals surface area contributed by atoms with Crippen molar-refractivity contribution < 1.29 is 9.47 Å². The van der Waals surface area contributed by atoms with E-state index in [1.165, 1.54) is 6.07 Å². The Labute approximate surface area is 100 Å². The smallest absolute Gasteiger partial charge is 0.251 e. The van der Waals surface area contributed by atoms with Crippen molar-refractivity contribution in [2.24, 2.45) is 0 Å². The monoisotopic (exact) mass is 238 g/mol. The number of aromatic amines is 1. The van der Waals surface area contributed by atoms with Gasteiger partial charge in [0, 0.05) is 19.8 Å². The summed E-state index contributed by atoms with van der Waals surface area (Å²) >= 11 is 0. The molecular weight excluding hydrogens is 220 g/mol. The van der Waals surface area contributed by atoms with Crippen LogP contribution in [0.4, 0.5) is 0 Å². The van der Waals surface area contributed by atoms with Crippen LogP contribution < -0.4 is 5.56 Å². The molecule has 1 atom stereocenters. The third-order valence-corrected chi connectivity index (χ3v) is 3.06. The predicted molar refractivity (Wildman–Crippen MR) is 62.7 cm³/mol. The summed E-state index contributed by atoms with van der Waals surface area (Å²) in [5.74, 6) is 0.608. The third kappa shape index (κ3) is 2.73. The van der Waals surface area contributed by atoms with Crippen LogP contribution in [0.15, 0.2) is 10.9 Å². The van der Waals surface area contributed by atoms with Crippen LogP contribution in [-0.4, -0.2) is 23.7 Å². The van der Waals surface area contributed by atoms with Gasteiger partial charge in [0.05, 0.1) is 12.3 Å². The Kier molecular flexibility index (Phi) is 3.59. The van der Waals surface area contributed by atoms with E-state index in [4.69, 9.17) is 9.47 Å². The fourth-order valence-corrected chi connectivity index (χ4v) is 2.10. The lowest BCUT2D eigenvalue weighted by Crippen LogP contribution is -2.34. The van der Waals surface area contributed by atoms with Crippen LogP contribution in [0.2, 0.25) is 0 Å². The molecule has 17 heavy (non-hydrogen) atoms. The van der Waals surface area contributed by atoms with Gasteiger partial charge in [-0.05, 0) is 26.2 Å². The Morgan fingerprint density at radius 2 is 2.41 bits per heavy atom. The van der Waals surface area contributed by atoms with Crippen LogP contribution in [0.3, 0.4) is 0 Å². The van der Waals surface area contributed by atoms with Crippen molar-refractivity contribution in [1.82, 2.24) is 9.97 Å². The fraction of sp³-hybridized carbons (Fsp3) is 0.667. The molecule has 1 unspecified atom stereocenters. The fourth-order valence-electron chi connectivity index (χ4n) is 2.10. The van der Waals surface area contributed by atoms with Crippen LogP contribution >= 0.6 is 0 Å². The van der Waals surface area contributed by atoms with Crippen LogP contribution in [0.1, 0.15) is 37.7 Å². The molecule has 1 N–H and O–H groups in total. The average Bonchev–Trinajstić information content (AvgIpc) is 2.30. The lowest BCUT2D eigenvalue weighted by molar-refractivity contribution is -0.0764. The highest BCUT2D eigenvalue weighted by Crippen LogP contribution is 2.31. The first-order chi connectivity index (χ1) is 8.14. The van der Waals surface area contributed by atoms with Gasteiger partial charge in [0.2, 0.25) is 0 Å². The topological polar surface area (TPSA) is 64.2 Å². The molecule has 0 bridgehead atoms. The van der Waals surface area contributed by atoms with Gasteiger partial charge < -0.3 is 14.5 Å². The Balaban J connectivity index is 2.33. The Hall–Kier alpha value is -1.20. The largest absolute Gasteiger partial charge is 0.378 e. The molecule has 1 aromatic rings. The van der Waals surface area contributed by atoms with Crippen LogP contribution in [0, 0.1) is 0 Å². The first kappa shape index (κ1) is 12.3. The molecule has 2 rings (SSSR count). The van der Waals surface area contributed by atoms with Gasteiger partial charge >= 0.3 is 0 Å². The minimum atomic E-state index is -0.471. The Morgan fingerprint density at radius 1 is 1.59 bits per heavy atom. The van der Waals surface area contributed by atoms with E-state index in [1.54, 1.807) is 7.11 Å². The van der Waals surface area contributed by atoms with Crippen molar-refractivity contribution in [2.75, 3.05) is 13.7 Å². The van der Waals surface area contributed by atoms with Gasteiger partial charge in [0.25, 0.3) is 5.56 Å². The predicted octanol–water partition coefficient (Wildman–Crippen LogP) is 1.33. The number of nitrogens with one attached hydrogen (secondary N) is 1. The summed E-state index contributed by atoms with van der Waals surface area (Å²) in [5.41, 5.74) is 0.0142. The molecule has 5 heteroatoms. The van der Waals surface area contributed by atoms with E-state index in [-0.39, 0.29) is 5.56 Å². The number of hydrogen-bond acceptors (Lipinski definition) is 4. The summed E-state index contributed by atoms with van der Waals surface area (Å²) in [6.07, 6.45) is 3.04. The van der Waals surface area contributed by atoms with Crippen molar-refractivity contribution in [3.63, 3.8) is 0 Å². The van der Waals surface area contributed by atoms with Crippen molar-refractivity contribution >= 4 is 0 Å². The van der Waals surface area contributed by atoms with E-state index in [2.05, 4.69) is 9.97 Å². The first-order valence-electron chi connectivity index (χ1n) is 5.88. The van der Waals surface area contributed by atoms with E-state index < -0.39 is 5.60 Å². The molecule has 0 aromatic carbocycles. The van der Waals surface area contributed by atoms with Gasteiger partial charge in [-0.15, -0.1) is 0 Å². The molecule has 0 saturated carbocycles. The summed E-state index contributed by atoms with van der Waals surface area (Å²) in [6.45, 7) is 3.03. The van der Waals surface area contributed by atoms with E-state index >= 15 is 0 Å². The zero-order valence-electron chi connectivity index (χ0n) is 10.3. The van der Waals surface area contributed by atoms with Gasteiger partial charge in [0.1, 0.15) is 11.4 Å². The number of rotatable bonds is 3. The molecule has 2 heterocycles. The van der Waals surface area contributed by atoms with Crippen LogP contribution in [0.25, 0.3) is 0 Å². The zero-order chi connectivity index (χ0) is 12.3. The highest BCUT2D eigenvalue weighted by atomic mass is 16.5. The highest BCUT2D eigenvalue weighted by Gasteiger charge is 2.32. The second-order valence-corrected chi connectivity index (χ2v) is 4.55. The van der Waals surface area contributed by atoms with E-state index in [9.17, 15) is 4.79 Å². The van der Waals surface area contributed by atoms with Gasteiger partial charge in [-0.3, -0.25) is 4.79 Å². The normalized spacial score (nSPS) is 24.8. The average molecular weight is 238 g/mol. The van der Waals surface area contributed by atoms with E-state index in [1.807, 2.05) is 6.92 Å². The lowest BCUT2D eigenvalue weighted by atomic mass is 9.95. The number of nitrogens with zero attached hydrogens (tertiary/aromatic N) is 1. The summed E-state index contributed by atoms with van der Waals surface area (Å²) in [6, 6.07) is 1.46. The number of aromatic nitrogens is 2. The molecule has 1 aliphatic heterocycles. The molecule has 1 aliphatic rings. The zero-order valence-corrected chi connectivity index (χ0v) is 10.3. The number of hydrogen-bond donors (Lipinski definition) is 1. The Morgan fingerprint density at radius 3 is 3.06 bits per heavy atom. The first-order valence-corrected chi connectivity index (χ1v) is 5.88. The SMILES string of the molecule is COCc1cc(=O)[nH]c(C2(C)CCCCO2)n1. The van der Waals surface area contributed by atoms with E-state index in [0.29, 0.717) is 24.7 Å². The molecular formula is C12H18N2O3. The Bertz CT molecular complexity index is 436. The van der Waals surface area contributed by atoms with Crippen molar-refractivity contribution in [1.29, 1.82) is 0 Å². The van der Waals surface area contributed by atoms with Crippen LogP contribution in [0.5, 0.6) is 0 Å². The highest BCUT2D eigenvalue weighted by molar-refractivity contribution is 5.08. The van der Waals surface area contributed by atoms with Crippen molar-refractivity contribution in [3.05, 3.63) is 27.9 Å². The standard InChI is InChI=1S/C12H18N2O3/c1-12(5-3-4-6-17-12)11-13-9(8-16-2)7-10(15)14-11/h7H,3-6,8H2,1-2H3,(H,13,14,15). The quantitative estimate of drug-likeness (QED) is 0.862. The molecule has 0 spiro atoms. The molecule has 0 aliphatic carbocycles. The molecule has 0 radical (unpaired) electrons. The van der Waals surface area contributed by atoms with Gasteiger partial charge in [-0.25, -0.2) is 4.98 Å². The lowest BCUT2D eigenvalue weighted by Gasteiger charge is -2.32. The minimum Gasteiger partial charge on any atom is -0.378 e. The molecule has 94 valence electrons. The summed E-state index contributed by atoms with van der Waals surface area (Å²) < 4.78 is 10.8. The number of methoxy groups -OCH3 is 1. The third-order valence-electron chi connectivity index (χ3n) is 3.06. The summed E-state index contributed by atoms with van der Waals surface area (Å²) in [7, 11) is 1.58. The number of H-pyrrole nitrogens is 1. The summed E-state index contributed by atoms with van der Waals surface area (Å²) in [5, 5.41) is 0. The molecule has 1 saturated heterocycles. The maximum Gasteiger partial charge on any atom is 0.251 e. The molecule has 5 nitrogen and oxygen atoms in total. The molecule has 0 amide bonds. The van der Waals surface area contributed by atoms with Crippen LogP contribution in [-0.2, 0) is 21.7 Å². The molecule has 1 fully saturated rings. The maximum absolute atomic E-state index is 11.6. The number of ether oxygens (including phenoxy) is 2. The van der Waals surface area contributed by atoms with Gasteiger partial charge in [-0.2, -0.15) is 0 Å². The molecule has 1 aromatic heterocycles. The maximum atomic E-state index is 11.6. The van der Waals surface area contributed by atoms with Crippen molar-refractivity contribution in [3.8, 4) is 0 Å². The van der Waals surface area contributed by atoms with Gasteiger partial charge in [0.15, 0.2) is 0 Å². The van der Waals surface area contributed by atoms with E-state index in [0.717, 1.165) is 19.3 Å². The minimum absolute atomic E-state index is 0.155. The second-order valence-electron chi connectivity index (χ2n) is 4.55.